The largest absolute Gasteiger partial charge is 0.361 e. The van der Waals surface area contributed by atoms with Crippen molar-refractivity contribution in [1.82, 2.24) is 30.4 Å². The predicted octanol–water partition coefficient (Wildman–Crippen LogP) is 4.01. The smallest absolute Gasteiger partial charge is 0.191 e. The molecule has 0 saturated heterocycles. The summed E-state index contributed by atoms with van der Waals surface area (Å²) in [6, 6.07) is 16.7. The van der Waals surface area contributed by atoms with E-state index in [-0.39, 0.29) is 24.0 Å². The Kier molecular flexibility index (Phi) is 8.26. The molecule has 0 bridgehead atoms. The fraction of sp³-hybridized carbons (Fsp3) is 0.292. The van der Waals surface area contributed by atoms with Crippen LogP contribution in [0.25, 0.3) is 10.9 Å². The van der Waals surface area contributed by atoms with Gasteiger partial charge in [-0.2, -0.15) is 0 Å². The molecule has 7 nitrogen and oxygen atoms in total. The van der Waals surface area contributed by atoms with Crippen LogP contribution in [-0.2, 0) is 26.6 Å². The fourth-order valence-corrected chi connectivity index (χ4v) is 3.58. The maximum Gasteiger partial charge on any atom is 0.191 e. The summed E-state index contributed by atoms with van der Waals surface area (Å²) in [7, 11) is 1.97. The summed E-state index contributed by atoms with van der Waals surface area (Å²) in [6.07, 6.45) is 3.01. The summed E-state index contributed by atoms with van der Waals surface area (Å²) in [6.45, 7) is 6.03. The lowest BCUT2D eigenvalue weighted by atomic mass is 10.1. The molecule has 0 spiro atoms. The normalized spacial score (nSPS) is 11.4. The lowest BCUT2D eigenvalue weighted by Gasteiger charge is -2.12. The second-order valence-corrected chi connectivity index (χ2v) is 7.71. The van der Waals surface area contributed by atoms with Crippen molar-refractivity contribution in [1.29, 1.82) is 0 Å². The topological polar surface area (TPSA) is 82.9 Å². The number of halogens is 1. The quantitative estimate of drug-likeness (QED) is 0.187. The van der Waals surface area contributed by atoms with E-state index in [4.69, 9.17) is 4.99 Å². The summed E-state index contributed by atoms with van der Waals surface area (Å²) in [5.41, 5.74) is 4.96. The van der Waals surface area contributed by atoms with Gasteiger partial charge in [0.05, 0.1) is 13.1 Å². The van der Waals surface area contributed by atoms with Crippen molar-refractivity contribution in [2.45, 2.75) is 33.4 Å². The number of hydrogen-bond acceptors (Lipinski definition) is 3. The second kappa shape index (κ2) is 11.1. The number of nitrogens with one attached hydrogen (secondary N) is 3. The number of para-hydroxylation sites is 1. The maximum atomic E-state index is 4.77. The number of hydrogen-bond donors (Lipinski definition) is 3. The lowest BCUT2D eigenvalue weighted by molar-refractivity contribution is 0.713. The minimum atomic E-state index is 0. The Morgan fingerprint density at radius 1 is 1.03 bits per heavy atom. The molecule has 4 rings (SSSR count). The minimum absolute atomic E-state index is 0. The summed E-state index contributed by atoms with van der Waals surface area (Å²) < 4.78 is 1.98. The van der Waals surface area contributed by atoms with Gasteiger partial charge in [0, 0.05) is 30.7 Å². The van der Waals surface area contributed by atoms with E-state index in [1.54, 1.807) is 0 Å². The number of H-pyrrole nitrogens is 1. The van der Waals surface area contributed by atoms with Crippen LogP contribution in [0.1, 0.15) is 28.3 Å². The van der Waals surface area contributed by atoms with Crippen LogP contribution in [0.2, 0.25) is 0 Å². The first-order valence-electron chi connectivity index (χ1n) is 10.6. The molecule has 0 amide bonds. The van der Waals surface area contributed by atoms with Gasteiger partial charge in [-0.25, -0.2) is 4.99 Å². The van der Waals surface area contributed by atoms with Gasteiger partial charge in [0.15, 0.2) is 11.8 Å². The molecule has 8 heteroatoms. The van der Waals surface area contributed by atoms with E-state index in [2.05, 4.69) is 69.3 Å². The summed E-state index contributed by atoms with van der Waals surface area (Å²) >= 11 is 0. The number of rotatable bonds is 7. The molecule has 0 aliphatic heterocycles. The van der Waals surface area contributed by atoms with Crippen LogP contribution in [-0.4, -0.2) is 32.3 Å². The molecule has 0 aliphatic carbocycles. The Morgan fingerprint density at radius 2 is 1.84 bits per heavy atom. The molecule has 2 heterocycles. The molecular formula is C24H30IN7. The molecule has 168 valence electrons. The summed E-state index contributed by atoms with van der Waals surface area (Å²) in [5.74, 6) is 2.53. The molecule has 0 radical (unpaired) electrons. The molecule has 3 N–H and O–H groups in total. The van der Waals surface area contributed by atoms with Crippen LogP contribution in [0.3, 0.4) is 0 Å². The number of aromatic amines is 1. The van der Waals surface area contributed by atoms with Gasteiger partial charge in [0.2, 0.25) is 0 Å². The van der Waals surface area contributed by atoms with Gasteiger partial charge in [-0.1, -0.05) is 48.5 Å². The van der Waals surface area contributed by atoms with E-state index in [1.165, 1.54) is 27.6 Å². The van der Waals surface area contributed by atoms with Crippen molar-refractivity contribution in [3.8, 4) is 0 Å². The molecule has 4 aromatic rings. The molecule has 32 heavy (non-hydrogen) atoms. The van der Waals surface area contributed by atoms with Crippen LogP contribution in [0.4, 0.5) is 0 Å². The monoisotopic (exact) mass is 543 g/mol. The molecular weight excluding hydrogens is 513 g/mol. The van der Waals surface area contributed by atoms with Gasteiger partial charge in [-0.3, -0.25) is 0 Å². The van der Waals surface area contributed by atoms with Gasteiger partial charge < -0.3 is 20.2 Å². The number of nitrogens with zero attached hydrogens (tertiary/aromatic N) is 4. The highest BCUT2D eigenvalue weighted by molar-refractivity contribution is 14.0. The van der Waals surface area contributed by atoms with E-state index < -0.39 is 0 Å². The second-order valence-electron chi connectivity index (χ2n) is 7.71. The number of aryl methyl sites for hydroxylation is 2. The van der Waals surface area contributed by atoms with E-state index in [1.807, 2.05) is 36.7 Å². The van der Waals surface area contributed by atoms with Crippen molar-refractivity contribution in [3.63, 3.8) is 0 Å². The van der Waals surface area contributed by atoms with Crippen molar-refractivity contribution < 1.29 is 0 Å². The molecule has 0 aliphatic rings. The Labute approximate surface area is 205 Å². The van der Waals surface area contributed by atoms with Crippen LogP contribution < -0.4 is 10.6 Å². The number of fused-ring (bicyclic) bond motifs is 1. The van der Waals surface area contributed by atoms with Crippen molar-refractivity contribution >= 4 is 40.8 Å². The zero-order valence-corrected chi connectivity index (χ0v) is 21.1. The minimum Gasteiger partial charge on any atom is -0.361 e. The van der Waals surface area contributed by atoms with Crippen LogP contribution >= 0.6 is 24.0 Å². The number of guanidine groups is 1. The van der Waals surface area contributed by atoms with Gasteiger partial charge in [0.25, 0.3) is 0 Å². The maximum absolute atomic E-state index is 4.77. The third-order valence-electron chi connectivity index (χ3n) is 5.56. The molecule has 0 saturated carbocycles. The van der Waals surface area contributed by atoms with Gasteiger partial charge >= 0.3 is 0 Å². The Bertz CT molecular complexity index is 1180. The molecule has 0 atom stereocenters. The zero-order valence-electron chi connectivity index (χ0n) is 18.7. The predicted molar refractivity (Wildman–Crippen MR) is 140 cm³/mol. The zero-order chi connectivity index (χ0) is 21.6. The first-order valence-corrected chi connectivity index (χ1v) is 10.6. The number of benzene rings is 2. The van der Waals surface area contributed by atoms with Crippen molar-refractivity contribution in [2.75, 3.05) is 6.54 Å². The third kappa shape index (κ3) is 5.67. The first kappa shape index (κ1) is 23.8. The average Bonchev–Trinajstić information content (AvgIpc) is 3.35. The molecule has 0 unspecified atom stereocenters. The SMILES string of the molecule is Cc1cccc2c(CCNC(=NCc3ccccc3)NCc3nnc(C)n3C)c[nH]c12.I. The van der Waals surface area contributed by atoms with Crippen LogP contribution in [0.5, 0.6) is 0 Å². The highest BCUT2D eigenvalue weighted by Crippen LogP contribution is 2.21. The molecule has 2 aromatic carbocycles. The average molecular weight is 543 g/mol. The van der Waals surface area contributed by atoms with Crippen molar-refractivity contribution in [2.24, 2.45) is 12.0 Å². The lowest BCUT2D eigenvalue weighted by Crippen LogP contribution is -2.38. The van der Waals surface area contributed by atoms with Gasteiger partial charge in [-0.05, 0) is 37.0 Å². The van der Waals surface area contributed by atoms with E-state index >= 15 is 0 Å². The van der Waals surface area contributed by atoms with Crippen LogP contribution in [0, 0.1) is 13.8 Å². The van der Waals surface area contributed by atoms with E-state index in [9.17, 15) is 0 Å². The summed E-state index contributed by atoms with van der Waals surface area (Å²) in [4.78, 5) is 8.17. The van der Waals surface area contributed by atoms with Crippen molar-refractivity contribution in [3.05, 3.63) is 83.1 Å². The highest BCUT2D eigenvalue weighted by Gasteiger charge is 2.08. The Morgan fingerprint density at radius 3 is 2.59 bits per heavy atom. The Balaban J connectivity index is 0.00000289. The molecule has 0 fully saturated rings. The van der Waals surface area contributed by atoms with E-state index in [0.29, 0.717) is 13.1 Å². The Hall–Kier alpha value is -2.88. The number of aromatic nitrogens is 4. The van der Waals surface area contributed by atoms with Gasteiger partial charge in [0.1, 0.15) is 5.82 Å². The highest BCUT2D eigenvalue weighted by atomic mass is 127. The van der Waals surface area contributed by atoms with Gasteiger partial charge in [-0.15, -0.1) is 34.2 Å². The van der Waals surface area contributed by atoms with Crippen LogP contribution in [0.15, 0.2) is 59.7 Å². The third-order valence-corrected chi connectivity index (χ3v) is 5.56. The number of aliphatic imine (C=N–C) groups is 1. The van der Waals surface area contributed by atoms with E-state index in [0.717, 1.165) is 30.6 Å². The summed E-state index contributed by atoms with van der Waals surface area (Å²) in [5, 5.41) is 16.5. The standard InChI is InChI=1S/C24H29N7.HI/c1-17-8-7-11-21-20(15-26-23(17)21)12-13-25-24(27-14-19-9-5-4-6-10-19)28-16-22-30-29-18(2)31(22)3;/h4-11,15,26H,12-14,16H2,1-3H3,(H2,25,27,28);1H. The fourth-order valence-electron chi connectivity index (χ4n) is 3.58. The first-order chi connectivity index (χ1) is 15.1. The molecule has 2 aromatic heterocycles.